The first-order chi connectivity index (χ1) is 9.79. The monoisotopic (exact) mass is 402 g/mol. The first kappa shape index (κ1) is 18.1. The van der Waals surface area contributed by atoms with Crippen LogP contribution in [-0.4, -0.2) is 39.7 Å². The summed E-state index contributed by atoms with van der Waals surface area (Å²) in [5.74, 6) is 1.80. The molecule has 1 aromatic rings. The number of para-hydroxylation sites is 1. The standard InChI is InChI=1S/C16H26N4.HI/c1-17-16(19-13-14-9-10-14)18-11-6-12-20(2)15-7-4-3-5-8-15;/h3-5,7-8,14H,6,9-13H2,1-2H3,(H2,17,18,19);1H. The van der Waals surface area contributed by atoms with Gasteiger partial charge in [-0.25, -0.2) is 0 Å². The quantitative estimate of drug-likeness (QED) is 0.319. The number of hydrogen-bond acceptors (Lipinski definition) is 2. The Morgan fingerprint density at radius 3 is 2.57 bits per heavy atom. The van der Waals surface area contributed by atoms with Crippen molar-refractivity contribution < 1.29 is 0 Å². The number of halogens is 1. The molecule has 2 rings (SSSR count). The lowest BCUT2D eigenvalue weighted by Gasteiger charge is -2.19. The van der Waals surface area contributed by atoms with Crippen LogP contribution in [0.3, 0.4) is 0 Å². The molecule has 2 N–H and O–H groups in total. The fourth-order valence-electron chi connectivity index (χ4n) is 2.12. The molecule has 4 nitrogen and oxygen atoms in total. The third-order valence-electron chi connectivity index (χ3n) is 3.64. The molecule has 1 aromatic carbocycles. The molecule has 5 heteroatoms. The Bertz CT molecular complexity index is 418. The average molecular weight is 402 g/mol. The van der Waals surface area contributed by atoms with Gasteiger partial charge in [0, 0.05) is 39.4 Å². The van der Waals surface area contributed by atoms with Crippen molar-refractivity contribution in [2.45, 2.75) is 19.3 Å². The second-order valence-electron chi connectivity index (χ2n) is 5.43. The van der Waals surface area contributed by atoms with E-state index < -0.39 is 0 Å². The van der Waals surface area contributed by atoms with Crippen molar-refractivity contribution in [1.82, 2.24) is 10.6 Å². The first-order valence-electron chi connectivity index (χ1n) is 7.50. The highest BCUT2D eigenvalue weighted by molar-refractivity contribution is 14.0. The Balaban J connectivity index is 0.00000220. The van der Waals surface area contributed by atoms with E-state index in [2.05, 4.69) is 57.9 Å². The molecule has 0 spiro atoms. The van der Waals surface area contributed by atoms with Crippen LogP contribution in [0.4, 0.5) is 5.69 Å². The largest absolute Gasteiger partial charge is 0.375 e. The van der Waals surface area contributed by atoms with E-state index in [-0.39, 0.29) is 24.0 Å². The van der Waals surface area contributed by atoms with Crippen molar-refractivity contribution in [1.29, 1.82) is 0 Å². The molecule has 0 unspecified atom stereocenters. The van der Waals surface area contributed by atoms with E-state index in [4.69, 9.17) is 0 Å². The second-order valence-corrected chi connectivity index (χ2v) is 5.43. The number of benzene rings is 1. The highest BCUT2D eigenvalue weighted by Crippen LogP contribution is 2.27. The smallest absolute Gasteiger partial charge is 0.190 e. The van der Waals surface area contributed by atoms with Crippen molar-refractivity contribution in [3.63, 3.8) is 0 Å². The van der Waals surface area contributed by atoms with Gasteiger partial charge in [0.1, 0.15) is 0 Å². The topological polar surface area (TPSA) is 39.7 Å². The van der Waals surface area contributed by atoms with Crippen LogP contribution in [0.2, 0.25) is 0 Å². The lowest BCUT2D eigenvalue weighted by Crippen LogP contribution is -2.39. The van der Waals surface area contributed by atoms with Crippen LogP contribution in [0, 0.1) is 5.92 Å². The second kappa shape index (κ2) is 9.87. The number of nitrogens with zero attached hydrogens (tertiary/aromatic N) is 2. The van der Waals surface area contributed by atoms with Gasteiger partial charge in [0.05, 0.1) is 0 Å². The minimum atomic E-state index is 0. The molecule has 118 valence electrons. The molecule has 0 saturated heterocycles. The van der Waals surface area contributed by atoms with Gasteiger partial charge in [0.25, 0.3) is 0 Å². The number of aliphatic imine (C=N–C) groups is 1. The highest BCUT2D eigenvalue weighted by Gasteiger charge is 2.20. The molecule has 1 aliphatic rings. The molecular formula is C16H27IN4. The van der Waals surface area contributed by atoms with Crippen LogP contribution >= 0.6 is 24.0 Å². The molecule has 0 aromatic heterocycles. The Kier molecular flexibility index (Phi) is 8.49. The van der Waals surface area contributed by atoms with Gasteiger partial charge in [-0.1, -0.05) is 18.2 Å². The van der Waals surface area contributed by atoms with Crippen molar-refractivity contribution in [2.75, 3.05) is 38.6 Å². The normalized spacial score (nSPS) is 14.3. The number of hydrogen-bond donors (Lipinski definition) is 2. The van der Waals surface area contributed by atoms with Crippen LogP contribution in [0.1, 0.15) is 19.3 Å². The minimum absolute atomic E-state index is 0. The zero-order valence-electron chi connectivity index (χ0n) is 13.0. The third-order valence-corrected chi connectivity index (χ3v) is 3.64. The Hall–Kier alpha value is -0.980. The zero-order chi connectivity index (χ0) is 14.2. The van der Waals surface area contributed by atoms with Gasteiger partial charge in [-0.15, -0.1) is 24.0 Å². The van der Waals surface area contributed by atoms with E-state index in [0.717, 1.165) is 37.9 Å². The van der Waals surface area contributed by atoms with Gasteiger partial charge in [-0.2, -0.15) is 0 Å². The van der Waals surface area contributed by atoms with Crippen LogP contribution in [-0.2, 0) is 0 Å². The van der Waals surface area contributed by atoms with Crippen LogP contribution in [0.15, 0.2) is 35.3 Å². The summed E-state index contributed by atoms with van der Waals surface area (Å²) in [5.41, 5.74) is 1.27. The molecule has 21 heavy (non-hydrogen) atoms. The summed E-state index contributed by atoms with van der Waals surface area (Å²) in [5, 5.41) is 6.75. The Morgan fingerprint density at radius 2 is 1.95 bits per heavy atom. The Morgan fingerprint density at radius 1 is 1.24 bits per heavy atom. The van der Waals surface area contributed by atoms with Crippen molar-refractivity contribution in [3.05, 3.63) is 30.3 Å². The van der Waals surface area contributed by atoms with Gasteiger partial charge < -0.3 is 15.5 Å². The third kappa shape index (κ3) is 7.02. The van der Waals surface area contributed by atoms with Gasteiger partial charge in [-0.05, 0) is 37.3 Å². The van der Waals surface area contributed by atoms with Gasteiger partial charge in [0.15, 0.2) is 5.96 Å². The maximum atomic E-state index is 4.24. The summed E-state index contributed by atoms with van der Waals surface area (Å²) in [6, 6.07) is 10.5. The van der Waals surface area contributed by atoms with Crippen LogP contribution in [0.5, 0.6) is 0 Å². The first-order valence-corrected chi connectivity index (χ1v) is 7.50. The molecular weight excluding hydrogens is 375 g/mol. The fraction of sp³-hybridized carbons (Fsp3) is 0.562. The van der Waals surface area contributed by atoms with Crippen LogP contribution in [0.25, 0.3) is 0 Å². The number of nitrogens with one attached hydrogen (secondary N) is 2. The van der Waals surface area contributed by atoms with Gasteiger partial charge in [0.2, 0.25) is 0 Å². The molecule has 1 aliphatic carbocycles. The highest BCUT2D eigenvalue weighted by atomic mass is 127. The van der Waals surface area contributed by atoms with E-state index in [1.165, 1.54) is 18.5 Å². The summed E-state index contributed by atoms with van der Waals surface area (Å²) in [6.07, 6.45) is 3.83. The Labute approximate surface area is 145 Å². The molecule has 0 radical (unpaired) electrons. The van der Waals surface area contributed by atoms with E-state index >= 15 is 0 Å². The van der Waals surface area contributed by atoms with Gasteiger partial charge in [-0.3, -0.25) is 4.99 Å². The lowest BCUT2D eigenvalue weighted by atomic mass is 10.3. The molecule has 0 bridgehead atoms. The maximum Gasteiger partial charge on any atom is 0.190 e. The van der Waals surface area contributed by atoms with Crippen molar-refractivity contribution in [3.8, 4) is 0 Å². The number of rotatable bonds is 7. The predicted molar refractivity (Wildman–Crippen MR) is 102 cm³/mol. The summed E-state index contributed by atoms with van der Waals surface area (Å²) in [4.78, 5) is 6.52. The van der Waals surface area contributed by atoms with E-state index in [0.29, 0.717) is 0 Å². The number of guanidine groups is 1. The van der Waals surface area contributed by atoms with Gasteiger partial charge >= 0.3 is 0 Å². The SMILES string of the molecule is CN=C(NCCCN(C)c1ccccc1)NCC1CC1.I. The number of anilines is 1. The lowest BCUT2D eigenvalue weighted by molar-refractivity contribution is 0.708. The molecule has 1 fully saturated rings. The fourth-order valence-corrected chi connectivity index (χ4v) is 2.12. The molecule has 1 saturated carbocycles. The summed E-state index contributed by atoms with van der Waals surface area (Å²) >= 11 is 0. The summed E-state index contributed by atoms with van der Waals surface area (Å²) < 4.78 is 0. The average Bonchev–Trinajstić information content (AvgIpc) is 3.31. The minimum Gasteiger partial charge on any atom is -0.375 e. The van der Waals surface area contributed by atoms with Crippen LogP contribution < -0.4 is 15.5 Å². The van der Waals surface area contributed by atoms with Crippen molar-refractivity contribution in [2.24, 2.45) is 10.9 Å². The molecule has 0 aliphatic heterocycles. The molecule has 0 amide bonds. The zero-order valence-corrected chi connectivity index (χ0v) is 15.3. The van der Waals surface area contributed by atoms with Crippen molar-refractivity contribution >= 4 is 35.6 Å². The van der Waals surface area contributed by atoms with E-state index in [1.54, 1.807) is 0 Å². The van der Waals surface area contributed by atoms with E-state index in [1.807, 2.05) is 7.05 Å². The predicted octanol–water partition coefficient (Wildman–Crippen LogP) is 2.71. The molecule has 0 atom stereocenters. The molecule has 0 heterocycles. The van der Waals surface area contributed by atoms with E-state index in [9.17, 15) is 0 Å². The summed E-state index contributed by atoms with van der Waals surface area (Å²) in [6.45, 7) is 3.04. The maximum absolute atomic E-state index is 4.24. The summed E-state index contributed by atoms with van der Waals surface area (Å²) in [7, 11) is 3.97.